The molecule has 0 amide bonds. The van der Waals surface area contributed by atoms with Gasteiger partial charge in [0, 0.05) is 11.5 Å². The summed E-state index contributed by atoms with van der Waals surface area (Å²) in [4.78, 5) is 0. The van der Waals surface area contributed by atoms with E-state index in [0.717, 1.165) is 18.9 Å². The standard InChI is InChI=1S/C17H21F7O3/c1-2-3-11-8-25-14(26-9-11)12-4-6-13(7-5-12)27-17(23,24)16(21,22)15(19,20)10-18/h4-6,11,13-14H,2-3,7-10H2,1H3. The first-order valence-electron chi connectivity index (χ1n) is 8.52. The number of ether oxygens (including phenoxy) is 3. The summed E-state index contributed by atoms with van der Waals surface area (Å²) in [5, 5.41) is 0. The van der Waals surface area contributed by atoms with E-state index < -0.39 is 37.0 Å². The van der Waals surface area contributed by atoms with Crippen molar-refractivity contribution in [2.24, 2.45) is 5.92 Å². The zero-order valence-electron chi connectivity index (χ0n) is 14.6. The Labute approximate surface area is 152 Å². The highest BCUT2D eigenvalue weighted by molar-refractivity contribution is 5.27. The average Bonchev–Trinajstić information content (AvgIpc) is 2.63. The van der Waals surface area contributed by atoms with Gasteiger partial charge in [-0.25, -0.2) is 4.39 Å². The van der Waals surface area contributed by atoms with Crippen LogP contribution in [0.15, 0.2) is 23.8 Å². The zero-order valence-corrected chi connectivity index (χ0v) is 14.6. The monoisotopic (exact) mass is 406 g/mol. The summed E-state index contributed by atoms with van der Waals surface area (Å²) in [7, 11) is 0. The van der Waals surface area contributed by atoms with Crippen molar-refractivity contribution in [1.82, 2.24) is 0 Å². The first kappa shape index (κ1) is 22.2. The Bertz CT molecular complexity index is 555. The molecule has 0 N–H and O–H groups in total. The normalized spacial score (nSPS) is 27.6. The van der Waals surface area contributed by atoms with Crippen molar-refractivity contribution in [2.75, 3.05) is 19.9 Å². The second-order valence-electron chi connectivity index (χ2n) is 6.54. The highest BCUT2D eigenvalue weighted by Gasteiger charge is 2.73. The quantitative estimate of drug-likeness (QED) is 0.538. The third-order valence-electron chi connectivity index (χ3n) is 4.32. The van der Waals surface area contributed by atoms with Crippen molar-refractivity contribution in [3.63, 3.8) is 0 Å². The van der Waals surface area contributed by atoms with Crippen LogP contribution in [0.5, 0.6) is 0 Å². The van der Waals surface area contributed by atoms with Crippen LogP contribution in [0, 0.1) is 5.92 Å². The second kappa shape index (κ2) is 8.48. The van der Waals surface area contributed by atoms with E-state index in [9.17, 15) is 30.7 Å². The van der Waals surface area contributed by atoms with E-state index in [1.807, 2.05) is 6.92 Å². The Morgan fingerprint density at radius 2 is 1.74 bits per heavy atom. The Kier molecular flexibility index (Phi) is 6.96. The Morgan fingerprint density at radius 3 is 2.22 bits per heavy atom. The topological polar surface area (TPSA) is 27.7 Å². The number of rotatable bonds is 8. The average molecular weight is 406 g/mol. The number of alkyl halides is 7. The van der Waals surface area contributed by atoms with Crippen LogP contribution in [0.3, 0.4) is 0 Å². The van der Waals surface area contributed by atoms with Gasteiger partial charge in [-0.1, -0.05) is 31.6 Å². The lowest BCUT2D eigenvalue weighted by molar-refractivity contribution is -0.405. The molecule has 1 aliphatic heterocycles. The summed E-state index contributed by atoms with van der Waals surface area (Å²) in [5.74, 6) is -11.3. The summed E-state index contributed by atoms with van der Waals surface area (Å²) < 4.78 is 106. The van der Waals surface area contributed by atoms with Crippen molar-refractivity contribution in [3.05, 3.63) is 23.8 Å². The lowest BCUT2D eigenvalue weighted by atomic mass is 10.0. The van der Waals surface area contributed by atoms with Crippen LogP contribution in [0.1, 0.15) is 26.2 Å². The van der Waals surface area contributed by atoms with Gasteiger partial charge in [0.1, 0.15) is 0 Å². The fourth-order valence-corrected chi connectivity index (χ4v) is 2.75. The summed E-state index contributed by atoms with van der Waals surface area (Å²) in [6.45, 7) is 0.0265. The summed E-state index contributed by atoms with van der Waals surface area (Å²) in [6, 6.07) is 0. The minimum absolute atomic E-state index is 0.258. The van der Waals surface area contributed by atoms with Crippen LogP contribution in [-0.4, -0.2) is 50.2 Å². The molecular weight excluding hydrogens is 385 g/mol. The number of hydrogen-bond donors (Lipinski definition) is 0. The van der Waals surface area contributed by atoms with Crippen molar-refractivity contribution in [2.45, 2.75) is 56.5 Å². The van der Waals surface area contributed by atoms with Crippen molar-refractivity contribution >= 4 is 0 Å². The largest absolute Gasteiger partial charge is 0.426 e. The summed E-state index contributed by atoms with van der Waals surface area (Å²) >= 11 is 0. The highest BCUT2D eigenvalue weighted by Crippen LogP contribution is 2.47. The maximum absolute atomic E-state index is 13.5. The molecule has 1 fully saturated rings. The van der Waals surface area contributed by atoms with Gasteiger partial charge in [-0.2, -0.15) is 26.3 Å². The molecule has 1 aliphatic carbocycles. The molecule has 1 heterocycles. The van der Waals surface area contributed by atoms with Crippen molar-refractivity contribution < 1.29 is 44.9 Å². The summed E-state index contributed by atoms with van der Waals surface area (Å²) in [5.41, 5.74) is 0.494. The number of halogens is 7. The smallest absolute Gasteiger partial charge is 0.348 e. The Morgan fingerprint density at radius 1 is 1.11 bits per heavy atom. The minimum Gasteiger partial charge on any atom is -0.348 e. The lowest BCUT2D eigenvalue weighted by Gasteiger charge is -2.34. The van der Waals surface area contributed by atoms with Crippen LogP contribution < -0.4 is 0 Å². The Balaban J connectivity index is 1.93. The van der Waals surface area contributed by atoms with E-state index in [1.165, 1.54) is 12.2 Å². The van der Waals surface area contributed by atoms with Crippen LogP contribution in [0.4, 0.5) is 30.7 Å². The molecule has 0 saturated carbocycles. The molecule has 0 aromatic carbocycles. The molecule has 0 aromatic heterocycles. The second-order valence-corrected chi connectivity index (χ2v) is 6.54. The molecule has 2 rings (SSSR count). The van der Waals surface area contributed by atoms with Crippen LogP contribution in [0.25, 0.3) is 0 Å². The van der Waals surface area contributed by atoms with Gasteiger partial charge in [-0.15, -0.1) is 0 Å². The summed E-state index contributed by atoms with van der Waals surface area (Å²) in [6.07, 6.45) is -2.51. The van der Waals surface area contributed by atoms with Gasteiger partial charge in [0.05, 0.1) is 19.3 Å². The molecule has 0 aromatic rings. The highest BCUT2D eigenvalue weighted by atomic mass is 19.4. The maximum atomic E-state index is 13.5. The first-order chi connectivity index (χ1) is 12.5. The molecule has 0 bridgehead atoms. The molecule has 2 aliphatic rings. The molecule has 0 radical (unpaired) electrons. The fraction of sp³-hybridized carbons (Fsp3) is 0.765. The third-order valence-corrected chi connectivity index (χ3v) is 4.32. The van der Waals surface area contributed by atoms with Gasteiger partial charge in [0.2, 0.25) is 0 Å². The predicted molar refractivity (Wildman–Crippen MR) is 81.6 cm³/mol. The van der Waals surface area contributed by atoms with E-state index in [2.05, 4.69) is 4.74 Å². The van der Waals surface area contributed by atoms with Crippen LogP contribution >= 0.6 is 0 Å². The fourth-order valence-electron chi connectivity index (χ4n) is 2.75. The van der Waals surface area contributed by atoms with Crippen molar-refractivity contribution in [3.8, 4) is 0 Å². The molecule has 1 unspecified atom stereocenters. The van der Waals surface area contributed by atoms with E-state index in [0.29, 0.717) is 18.8 Å². The molecule has 10 heteroatoms. The number of hydrogen-bond acceptors (Lipinski definition) is 3. The van der Waals surface area contributed by atoms with E-state index in [-0.39, 0.29) is 12.3 Å². The molecule has 1 saturated heterocycles. The van der Waals surface area contributed by atoms with Gasteiger partial charge in [0.15, 0.2) is 13.0 Å². The molecule has 156 valence electrons. The van der Waals surface area contributed by atoms with Crippen LogP contribution in [-0.2, 0) is 14.2 Å². The molecule has 1 atom stereocenters. The molecule has 3 nitrogen and oxygen atoms in total. The van der Waals surface area contributed by atoms with E-state index >= 15 is 0 Å². The van der Waals surface area contributed by atoms with Gasteiger partial charge in [0.25, 0.3) is 0 Å². The zero-order chi connectivity index (χ0) is 20.3. The van der Waals surface area contributed by atoms with Gasteiger partial charge in [-0.05, 0) is 12.8 Å². The SMILES string of the molecule is CCCC1COC(C2=CCC(OC(F)(F)C(F)(F)C(F)(F)CF)C=C2)OC1. The van der Waals surface area contributed by atoms with Crippen LogP contribution in [0.2, 0.25) is 0 Å². The maximum Gasteiger partial charge on any atom is 0.426 e. The van der Waals surface area contributed by atoms with Gasteiger partial charge < -0.3 is 14.2 Å². The van der Waals surface area contributed by atoms with Gasteiger partial charge >= 0.3 is 18.0 Å². The lowest BCUT2D eigenvalue weighted by Crippen LogP contribution is -2.57. The van der Waals surface area contributed by atoms with Crippen molar-refractivity contribution in [1.29, 1.82) is 0 Å². The Hall–Kier alpha value is -1.13. The predicted octanol–water partition coefficient (Wildman–Crippen LogP) is 4.88. The minimum atomic E-state index is -5.99. The van der Waals surface area contributed by atoms with E-state index in [4.69, 9.17) is 9.47 Å². The molecule has 0 spiro atoms. The first-order valence-corrected chi connectivity index (χ1v) is 8.52. The van der Waals surface area contributed by atoms with Gasteiger partial charge in [-0.3, -0.25) is 0 Å². The third kappa shape index (κ3) is 4.83. The van der Waals surface area contributed by atoms with E-state index in [1.54, 1.807) is 0 Å². The molecular formula is C17H21F7O3. The molecule has 27 heavy (non-hydrogen) atoms.